The van der Waals surface area contributed by atoms with Gasteiger partial charge in [-0.25, -0.2) is 4.39 Å². The number of hydrogen-bond acceptors (Lipinski definition) is 2. The number of benzene rings is 1. The fourth-order valence-corrected chi connectivity index (χ4v) is 2.89. The summed E-state index contributed by atoms with van der Waals surface area (Å²) in [7, 11) is 0. The molecule has 1 aromatic rings. The van der Waals surface area contributed by atoms with E-state index in [1.807, 2.05) is 12.1 Å². The van der Waals surface area contributed by atoms with Crippen molar-refractivity contribution in [2.24, 2.45) is 11.8 Å². The summed E-state index contributed by atoms with van der Waals surface area (Å²) in [5.74, 6) is 0.333. The van der Waals surface area contributed by atoms with E-state index in [2.05, 4.69) is 13.8 Å². The second-order valence-corrected chi connectivity index (χ2v) is 5.65. The molecule has 100 valence electrons. The standard InChI is InChI=1S/C15H21FO2/c1-10(2)13(7-17)15(8-18-9-15)12-4-5-14(16)11(3)6-12/h4-6,10,13,17H,7-9H2,1-3H3. The van der Waals surface area contributed by atoms with Crippen LogP contribution in [0.15, 0.2) is 18.2 Å². The van der Waals surface area contributed by atoms with Gasteiger partial charge >= 0.3 is 0 Å². The van der Waals surface area contributed by atoms with Crippen LogP contribution in [0.3, 0.4) is 0 Å². The lowest BCUT2D eigenvalue weighted by Gasteiger charge is -2.49. The Morgan fingerprint density at radius 1 is 1.39 bits per heavy atom. The Labute approximate surface area is 108 Å². The highest BCUT2D eigenvalue weighted by Crippen LogP contribution is 2.43. The molecule has 18 heavy (non-hydrogen) atoms. The van der Waals surface area contributed by atoms with Gasteiger partial charge in [-0.3, -0.25) is 0 Å². The minimum absolute atomic E-state index is 0.136. The van der Waals surface area contributed by atoms with Gasteiger partial charge in [-0.05, 0) is 36.0 Å². The molecule has 0 aromatic heterocycles. The van der Waals surface area contributed by atoms with Crippen molar-refractivity contribution >= 4 is 0 Å². The second-order valence-electron chi connectivity index (χ2n) is 5.65. The highest BCUT2D eigenvalue weighted by molar-refractivity contribution is 5.33. The maximum absolute atomic E-state index is 13.4. The van der Waals surface area contributed by atoms with Gasteiger partial charge in [0.05, 0.1) is 13.2 Å². The Balaban J connectivity index is 2.40. The zero-order valence-electron chi connectivity index (χ0n) is 11.2. The third kappa shape index (κ3) is 2.06. The Kier molecular flexibility index (Phi) is 3.74. The van der Waals surface area contributed by atoms with E-state index in [1.165, 1.54) is 6.07 Å². The number of halogens is 1. The van der Waals surface area contributed by atoms with Crippen LogP contribution in [-0.2, 0) is 10.2 Å². The van der Waals surface area contributed by atoms with Crippen molar-refractivity contribution in [2.75, 3.05) is 19.8 Å². The minimum Gasteiger partial charge on any atom is -0.396 e. The van der Waals surface area contributed by atoms with E-state index in [-0.39, 0.29) is 23.8 Å². The van der Waals surface area contributed by atoms with Crippen LogP contribution >= 0.6 is 0 Å². The normalized spacial score (nSPS) is 19.7. The molecule has 1 saturated heterocycles. The zero-order valence-corrected chi connectivity index (χ0v) is 11.2. The molecule has 2 rings (SSSR count). The maximum Gasteiger partial charge on any atom is 0.126 e. The molecule has 1 atom stereocenters. The molecule has 1 heterocycles. The van der Waals surface area contributed by atoms with Gasteiger partial charge in [0, 0.05) is 12.0 Å². The third-order valence-electron chi connectivity index (χ3n) is 4.16. The first-order chi connectivity index (χ1) is 8.51. The highest BCUT2D eigenvalue weighted by atomic mass is 19.1. The lowest BCUT2D eigenvalue weighted by Crippen LogP contribution is -2.55. The van der Waals surface area contributed by atoms with Crippen LogP contribution in [0, 0.1) is 24.6 Å². The Bertz CT molecular complexity index is 425. The monoisotopic (exact) mass is 252 g/mol. The summed E-state index contributed by atoms with van der Waals surface area (Å²) in [6.07, 6.45) is 0. The van der Waals surface area contributed by atoms with Crippen LogP contribution in [-0.4, -0.2) is 24.9 Å². The fraction of sp³-hybridized carbons (Fsp3) is 0.600. The van der Waals surface area contributed by atoms with Gasteiger partial charge in [-0.2, -0.15) is 0 Å². The van der Waals surface area contributed by atoms with Crippen molar-refractivity contribution in [3.8, 4) is 0 Å². The first-order valence-corrected chi connectivity index (χ1v) is 6.46. The number of hydrogen-bond donors (Lipinski definition) is 1. The number of ether oxygens (including phenoxy) is 1. The van der Waals surface area contributed by atoms with Gasteiger partial charge < -0.3 is 9.84 Å². The summed E-state index contributed by atoms with van der Waals surface area (Å²) < 4.78 is 18.8. The van der Waals surface area contributed by atoms with Gasteiger partial charge in [-0.15, -0.1) is 0 Å². The van der Waals surface area contributed by atoms with E-state index < -0.39 is 0 Å². The largest absolute Gasteiger partial charge is 0.396 e. The topological polar surface area (TPSA) is 29.5 Å². The molecular weight excluding hydrogens is 231 g/mol. The fourth-order valence-electron chi connectivity index (χ4n) is 2.89. The molecule has 1 N–H and O–H groups in total. The van der Waals surface area contributed by atoms with E-state index in [9.17, 15) is 9.50 Å². The van der Waals surface area contributed by atoms with Crippen molar-refractivity contribution < 1.29 is 14.2 Å². The number of aliphatic hydroxyl groups is 1. The molecule has 0 amide bonds. The molecule has 0 saturated carbocycles. The lowest BCUT2D eigenvalue weighted by atomic mass is 9.65. The summed E-state index contributed by atoms with van der Waals surface area (Å²) in [4.78, 5) is 0. The molecule has 0 spiro atoms. The molecule has 1 aromatic carbocycles. The van der Waals surface area contributed by atoms with Crippen LogP contribution < -0.4 is 0 Å². The van der Waals surface area contributed by atoms with E-state index in [0.717, 1.165) is 5.56 Å². The van der Waals surface area contributed by atoms with Crippen molar-refractivity contribution in [2.45, 2.75) is 26.2 Å². The molecule has 1 aliphatic heterocycles. The van der Waals surface area contributed by atoms with E-state index >= 15 is 0 Å². The van der Waals surface area contributed by atoms with Gasteiger partial charge in [0.1, 0.15) is 5.82 Å². The average Bonchev–Trinajstić information content (AvgIpc) is 2.26. The lowest BCUT2D eigenvalue weighted by molar-refractivity contribution is -0.111. The molecular formula is C15H21FO2. The molecule has 2 nitrogen and oxygen atoms in total. The number of aryl methyl sites for hydroxylation is 1. The molecule has 0 radical (unpaired) electrons. The van der Waals surface area contributed by atoms with Crippen LogP contribution in [0.5, 0.6) is 0 Å². The van der Waals surface area contributed by atoms with E-state index in [0.29, 0.717) is 24.7 Å². The van der Waals surface area contributed by atoms with Crippen molar-refractivity contribution in [3.63, 3.8) is 0 Å². The SMILES string of the molecule is Cc1cc(C2(C(CO)C(C)C)COC2)ccc1F. The highest BCUT2D eigenvalue weighted by Gasteiger charge is 2.47. The van der Waals surface area contributed by atoms with Gasteiger partial charge in [0.2, 0.25) is 0 Å². The van der Waals surface area contributed by atoms with Crippen LogP contribution in [0.4, 0.5) is 4.39 Å². The summed E-state index contributed by atoms with van der Waals surface area (Å²) in [6.45, 7) is 7.35. The van der Waals surface area contributed by atoms with Crippen molar-refractivity contribution in [3.05, 3.63) is 35.1 Å². The summed E-state index contributed by atoms with van der Waals surface area (Å²) in [6, 6.07) is 5.23. The predicted molar refractivity (Wildman–Crippen MR) is 69.0 cm³/mol. The van der Waals surface area contributed by atoms with E-state index in [4.69, 9.17) is 4.74 Å². The zero-order chi connectivity index (χ0) is 13.3. The molecule has 1 unspecified atom stereocenters. The first kappa shape index (κ1) is 13.5. The Morgan fingerprint density at radius 2 is 2.06 bits per heavy atom. The van der Waals surface area contributed by atoms with E-state index in [1.54, 1.807) is 6.92 Å². The number of aliphatic hydroxyl groups excluding tert-OH is 1. The minimum atomic E-state index is -0.181. The number of rotatable bonds is 4. The van der Waals surface area contributed by atoms with Crippen LogP contribution in [0.1, 0.15) is 25.0 Å². The predicted octanol–water partition coefficient (Wildman–Crippen LogP) is 2.67. The second kappa shape index (κ2) is 4.98. The van der Waals surface area contributed by atoms with Crippen LogP contribution in [0.2, 0.25) is 0 Å². The summed E-state index contributed by atoms with van der Waals surface area (Å²) >= 11 is 0. The third-order valence-corrected chi connectivity index (χ3v) is 4.16. The van der Waals surface area contributed by atoms with Gasteiger partial charge in [-0.1, -0.05) is 26.0 Å². The quantitative estimate of drug-likeness (QED) is 0.892. The maximum atomic E-state index is 13.4. The van der Waals surface area contributed by atoms with Crippen molar-refractivity contribution in [1.82, 2.24) is 0 Å². The molecule has 0 aliphatic carbocycles. The molecule has 1 fully saturated rings. The summed E-state index contributed by atoms with van der Waals surface area (Å²) in [5, 5.41) is 9.65. The molecule has 1 aliphatic rings. The van der Waals surface area contributed by atoms with Crippen molar-refractivity contribution in [1.29, 1.82) is 0 Å². The Morgan fingerprint density at radius 3 is 2.44 bits per heavy atom. The molecule has 0 bridgehead atoms. The van der Waals surface area contributed by atoms with Gasteiger partial charge in [0.15, 0.2) is 0 Å². The Hall–Kier alpha value is -0.930. The first-order valence-electron chi connectivity index (χ1n) is 6.46. The molecule has 3 heteroatoms. The van der Waals surface area contributed by atoms with Crippen LogP contribution in [0.25, 0.3) is 0 Å². The average molecular weight is 252 g/mol. The summed E-state index contributed by atoms with van der Waals surface area (Å²) in [5.41, 5.74) is 1.58. The van der Waals surface area contributed by atoms with Gasteiger partial charge in [0.25, 0.3) is 0 Å². The smallest absolute Gasteiger partial charge is 0.126 e.